The Labute approximate surface area is 103 Å². The van der Waals surface area contributed by atoms with Crippen LogP contribution in [0.4, 0.5) is 0 Å². The van der Waals surface area contributed by atoms with E-state index in [2.05, 4.69) is 11.9 Å². The molecule has 0 aromatic heterocycles. The number of carbonyl (C=O) groups excluding carboxylic acids is 1. The van der Waals surface area contributed by atoms with Crippen molar-refractivity contribution in [2.45, 2.75) is 25.8 Å². The normalized spacial score (nSPS) is 11.9. The Morgan fingerprint density at radius 3 is 2.65 bits per heavy atom. The third-order valence-corrected chi connectivity index (χ3v) is 2.55. The lowest BCUT2D eigenvalue weighted by Crippen LogP contribution is -2.32. The minimum atomic E-state index is -0.0429. The second kappa shape index (κ2) is 6.86. The zero-order chi connectivity index (χ0) is 12.7. The molecule has 0 aliphatic rings. The fraction of sp³-hybridized carbons (Fsp3) is 0.357. The van der Waals surface area contributed by atoms with Crippen LogP contribution in [-0.2, 0) is 6.42 Å². The van der Waals surface area contributed by atoms with Crippen LogP contribution >= 0.6 is 0 Å². The van der Waals surface area contributed by atoms with E-state index in [9.17, 15) is 4.79 Å². The summed E-state index contributed by atoms with van der Waals surface area (Å²) in [7, 11) is 0. The van der Waals surface area contributed by atoms with E-state index in [1.165, 1.54) is 0 Å². The molecule has 0 bridgehead atoms. The van der Waals surface area contributed by atoms with Crippen molar-refractivity contribution in [1.29, 1.82) is 0 Å². The van der Waals surface area contributed by atoms with Crippen LogP contribution in [0.15, 0.2) is 36.9 Å². The highest BCUT2D eigenvalue weighted by Gasteiger charge is 2.08. The lowest BCUT2D eigenvalue weighted by atomic mass is 10.1. The van der Waals surface area contributed by atoms with Gasteiger partial charge in [0.15, 0.2) is 0 Å². The molecule has 0 fully saturated rings. The van der Waals surface area contributed by atoms with E-state index in [0.717, 1.165) is 18.4 Å². The summed E-state index contributed by atoms with van der Waals surface area (Å²) in [5.74, 6) is -0.0429. The van der Waals surface area contributed by atoms with Crippen LogP contribution in [0.5, 0.6) is 0 Å². The predicted molar refractivity (Wildman–Crippen MR) is 70.9 cm³/mol. The average Bonchev–Trinajstić information content (AvgIpc) is 2.30. The molecule has 0 saturated carbocycles. The quantitative estimate of drug-likeness (QED) is 0.736. The second-order valence-electron chi connectivity index (χ2n) is 4.13. The zero-order valence-corrected chi connectivity index (χ0v) is 10.3. The summed E-state index contributed by atoms with van der Waals surface area (Å²) in [6, 6.07) is 7.67. The third kappa shape index (κ3) is 4.41. The molecule has 0 heterocycles. The van der Waals surface area contributed by atoms with Crippen molar-refractivity contribution >= 4 is 5.91 Å². The highest BCUT2D eigenvalue weighted by Crippen LogP contribution is 2.05. The molecule has 3 heteroatoms. The summed E-state index contributed by atoms with van der Waals surface area (Å²) in [6.07, 6.45) is 3.42. The standard InChI is InChI=1S/C14H20N2O/c1-3-4-11(2)16-14(17)13-7-5-12(6-8-13)9-10-15/h3,5-8,11H,1,4,9-10,15H2,2H3,(H,16,17). The Balaban J connectivity index is 2.60. The molecule has 1 atom stereocenters. The van der Waals surface area contributed by atoms with Gasteiger partial charge in [0, 0.05) is 11.6 Å². The van der Waals surface area contributed by atoms with Crippen molar-refractivity contribution < 1.29 is 4.79 Å². The van der Waals surface area contributed by atoms with E-state index < -0.39 is 0 Å². The van der Waals surface area contributed by atoms with Gasteiger partial charge in [-0.15, -0.1) is 6.58 Å². The molecule has 0 aliphatic heterocycles. The van der Waals surface area contributed by atoms with Gasteiger partial charge in [-0.25, -0.2) is 0 Å². The minimum Gasteiger partial charge on any atom is -0.349 e. The van der Waals surface area contributed by atoms with E-state index in [-0.39, 0.29) is 11.9 Å². The van der Waals surface area contributed by atoms with Crippen molar-refractivity contribution in [1.82, 2.24) is 5.32 Å². The van der Waals surface area contributed by atoms with Gasteiger partial charge in [-0.1, -0.05) is 18.2 Å². The number of nitrogens with two attached hydrogens (primary N) is 1. The topological polar surface area (TPSA) is 55.1 Å². The summed E-state index contributed by atoms with van der Waals surface area (Å²) in [6.45, 7) is 6.24. The molecule has 3 N–H and O–H groups in total. The van der Waals surface area contributed by atoms with Gasteiger partial charge < -0.3 is 11.1 Å². The van der Waals surface area contributed by atoms with Crippen LogP contribution in [-0.4, -0.2) is 18.5 Å². The molecular weight excluding hydrogens is 212 g/mol. The highest BCUT2D eigenvalue weighted by atomic mass is 16.1. The van der Waals surface area contributed by atoms with E-state index >= 15 is 0 Å². The highest BCUT2D eigenvalue weighted by molar-refractivity contribution is 5.94. The van der Waals surface area contributed by atoms with Crippen LogP contribution in [0.1, 0.15) is 29.3 Å². The Kier molecular flexibility index (Phi) is 5.43. The van der Waals surface area contributed by atoms with Crippen molar-refractivity contribution in [3.8, 4) is 0 Å². The van der Waals surface area contributed by atoms with E-state index in [4.69, 9.17) is 5.73 Å². The van der Waals surface area contributed by atoms with Crippen LogP contribution in [0.2, 0.25) is 0 Å². The number of hydrogen-bond donors (Lipinski definition) is 2. The maximum Gasteiger partial charge on any atom is 0.251 e. The number of nitrogens with one attached hydrogen (secondary N) is 1. The zero-order valence-electron chi connectivity index (χ0n) is 10.3. The Morgan fingerprint density at radius 2 is 2.12 bits per heavy atom. The van der Waals surface area contributed by atoms with Crippen molar-refractivity contribution in [2.75, 3.05) is 6.54 Å². The molecule has 92 valence electrons. The van der Waals surface area contributed by atoms with Gasteiger partial charge in [-0.3, -0.25) is 4.79 Å². The molecule has 17 heavy (non-hydrogen) atoms. The van der Waals surface area contributed by atoms with Crippen LogP contribution in [0, 0.1) is 0 Å². The first-order valence-corrected chi connectivity index (χ1v) is 5.88. The molecule has 1 unspecified atom stereocenters. The number of benzene rings is 1. The third-order valence-electron chi connectivity index (χ3n) is 2.55. The molecule has 0 radical (unpaired) electrons. The van der Waals surface area contributed by atoms with Crippen LogP contribution < -0.4 is 11.1 Å². The van der Waals surface area contributed by atoms with E-state index in [1.54, 1.807) is 6.08 Å². The first-order valence-electron chi connectivity index (χ1n) is 5.88. The Morgan fingerprint density at radius 1 is 1.47 bits per heavy atom. The van der Waals surface area contributed by atoms with Crippen LogP contribution in [0.25, 0.3) is 0 Å². The fourth-order valence-electron chi connectivity index (χ4n) is 1.61. The molecule has 3 nitrogen and oxygen atoms in total. The van der Waals surface area contributed by atoms with Gasteiger partial charge in [0.05, 0.1) is 0 Å². The lowest BCUT2D eigenvalue weighted by molar-refractivity contribution is 0.0940. The smallest absolute Gasteiger partial charge is 0.251 e. The monoisotopic (exact) mass is 232 g/mol. The fourth-order valence-corrected chi connectivity index (χ4v) is 1.61. The first kappa shape index (κ1) is 13.5. The maximum absolute atomic E-state index is 11.8. The molecule has 1 amide bonds. The van der Waals surface area contributed by atoms with Gasteiger partial charge in [-0.05, 0) is 44.0 Å². The van der Waals surface area contributed by atoms with E-state index in [0.29, 0.717) is 12.1 Å². The summed E-state index contributed by atoms with van der Waals surface area (Å²) >= 11 is 0. The largest absolute Gasteiger partial charge is 0.349 e. The van der Waals surface area contributed by atoms with Crippen LogP contribution in [0.3, 0.4) is 0 Å². The number of hydrogen-bond acceptors (Lipinski definition) is 2. The van der Waals surface area contributed by atoms with Crippen molar-refractivity contribution in [3.05, 3.63) is 48.0 Å². The molecular formula is C14H20N2O. The van der Waals surface area contributed by atoms with Crippen molar-refractivity contribution in [2.24, 2.45) is 5.73 Å². The molecule has 1 aromatic carbocycles. The SMILES string of the molecule is C=CCC(C)NC(=O)c1ccc(CCN)cc1. The first-order chi connectivity index (χ1) is 8.17. The second-order valence-corrected chi connectivity index (χ2v) is 4.13. The molecule has 1 rings (SSSR count). The number of rotatable bonds is 6. The summed E-state index contributed by atoms with van der Waals surface area (Å²) < 4.78 is 0. The molecule has 0 saturated heterocycles. The van der Waals surface area contributed by atoms with Gasteiger partial charge in [-0.2, -0.15) is 0 Å². The Hall–Kier alpha value is -1.61. The number of amides is 1. The minimum absolute atomic E-state index is 0.0429. The summed E-state index contributed by atoms with van der Waals surface area (Å²) in [4.78, 5) is 11.8. The van der Waals surface area contributed by atoms with Gasteiger partial charge in [0.25, 0.3) is 5.91 Å². The van der Waals surface area contributed by atoms with Gasteiger partial charge in [0.2, 0.25) is 0 Å². The predicted octanol–water partition coefficient (Wildman–Crippen LogP) is 1.88. The van der Waals surface area contributed by atoms with Gasteiger partial charge >= 0.3 is 0 Å². The summed E-state index contributed by atoms with van der Waals surface area (Å²) in [5.41, 5.74) is 7.31. The molecule has 0 spiro atoms. The maximum atomic E-state index is 11.8. The van der Waals surface area contributed by atoms with E-state index in [1.807, 2.05) is 31.2 Å². The number of carbonyl (C=O) groups is 1. The lowest BCUT2D eigenvalue weighted by Gasteiger charge is -2.11. The van der Waals surface area contributed by atoms with Gasteiger partial charge in [0.1, 0.15) is 0 Å². The molecule has 1 aromatic rings. The van der Waals surface area contributed by atoms with Crippen molar-refractivity contribution in [3.63, 3.8) is 0 Å². The Bertz CT molecular complexity index is 370. The summed E-state index contributed by atoms with van der Waals surface area (Å²) in [5, 5.41) is 2.91. The average molecular weight is 232 g/mol. The molecule has 0 aliphatic carbocycles.